The van der Waals surface area contributed by atoms with Crippen LogP contribution in [0.2, 0.25) is 4.34 Å². The number of halogens is 1. The second-order valence-corrected chi connectivity index (χ2v) is 4.81. The van der Waals surface area contributed by atoms with E-state index in [0.717, 1.165) is 20.7 Å². The summed E-state index contributed by atoms with van der Waals surface area (Å²) in [5, 5.41) is 0. The van der Waals surface area contributed by atoms with Gasteiger partial charge in [0, 0.05) is 4.88 Å². The summed E-state index contributed by atoms with van der Waals surface area (Å²) in [6.45, 7) is 1.90. The molecule has 2 rings (SSSR count). The molecular weight excluding hydrogens is 218 g/mol. The van der Waals surface area contributed by atoms with Crippen LogP contribution >= 0.6 is 22.9 Å². The molecule has 74 valence electrons. The summed E-state index contributed by atoms with van der Waals surface area (Å²) in [6.07, 6.45) is 0. The molecule has 0 amide bonds. The molecule has 0 aliphatic heterocycles. The van der Waals surface area contributed by atoms with E-state index in [1.807, 2.05) is 31.2 Å². The highest BCUT2D eigenvalue weighted by molar-refractivity contribution is 7.16. The Morgan fingerprint density at radius 3 is 2.64 bits per heavy atom. The van der Waals surface area contributed by atoms with E-state index in [0.29, 0.717) is 0 Å². The van der Waals surface area contributed by atoms with E-state index >= 15 is 0 Å². The van der Waals surface area contributed by atoms with E-state index in [1.165, 1.54) is 11.3 Å². The zero-order valence-electron chi connectivity index (χ0n) is 7.66. The van der Waals surface area contributed by atoms with Gasteiger partial charge >= 0.3 is 0 Å². The van der Waals surface area contributed by atoms with E-state index in [4.69, 9.17) is 21.8 Å². The molecule has 0 radical (unpaired) electrons. The van der Waals surface area contributed by atoms with Gasteiger partial charge in [-0.05, 0) is 31.2 Å². The van der Waals surface area contributed by atoms with Gasteiger partial charge < -0.3 is 10.2 Å². The summed E-state index contributed by atoms with van der Waals surface area (Å²) in [4.78, 5) is 1.02. The highest BCUT2D eigenvalue weighted by Crippen LogP contribution is 2.29. The Bertz CT molecular complexity index is 395. The third-order valence-electron chi connectivity index (χ3n) is 1.97. The first-order chi connectivity index (χ1) is 6.66. The quantitative estimate of drug-likeness (QED) is 0.855. The molecule has 14 heavy (non-hydrogen) atoms. The zero-order chi connectivity index (χ0) is 10.1. The van der Waals surface area contributed by atoms with Gasteiger partial charge in [0.25, 0.3) is 0 Å². The molecule has 0 bridgehead atoms. The van der Waals surface area contributed by atoms with Gasteiger partial charge in [0.15, 0.2) is 0 Å². The zero-order valence-corrected chi connectivity index (χ0v) is 9.23. The first-order valence-electron chi connectivity index (χ1n) is 4.24. The summed E-state index contributed by atoms with van der Waals surface area (Å²) >= 11 is 7.31. The van der Waals surface area contributed by atoms with Crippen LogP contribution in [-0.2, 0) is 0 Å². The average molecular weight is 228 g/mol. The van der Waals surface area contributed by atoms with Crippen molar-refractivity contribution in [1.82, 2.24) is 0 Å². The number of hydrogen-bond acceptors (Lipinski definition) is 3. The van der Waals surface area contributed by atoms with Crippen LogP contribution in [0.5, 0.6) is 0 Å². The fraction of sp³-hybridized carbons (Fsp3) is 0.200. The van der Waals surface area contributed by atoms with Gasteiger partial charge in [-0.1, -0.05) is 11.6 Å². The van der Waals surface area contributed by atoms with Crippen molar-refractivity contribution in [2.45, 2.75) is 13.0 Å². The Hall–Kier alpha value is -0.770. The molecule has 0 aromatic carbocycles. The first kappa shape index (κ1) is 9.77. The topological polar surface area (TPSA) is 39.2 Å². The van der Waals surface area contributed by atoms with Gasteiger partial charge in [-0.25, -0.2) is 0 Å². The molecule has 0 spiro atoms. The standard InChI is InChI=1S/C10H10ClNOS/c1-6-2-3-7(13-6)10(12)8-4-5-9(11)14-8/h2-5,10H,12H2,1H3. The van der Waals surface area contributed by atoms with Crippen molar-refractivity contribution in [2.75, 3.05) is 0 Å². The maximum absolute atomic E-state index is 6.00. The van der Waals surface area contributed by atoms with E-state index in [2.05, 4.69) is 0 Å². The predicted molar refractivity (Wildman–Crippen MR) is 58.8 cm³/mol. The molecule has 2 heterocycles. The minimum atomic E-state index is -0.207. The molecule has 0 saturated heterocycles. The lowest BCUT2D eigenvalue weighted by Gasteiger charge is -2.04. The Kier molecular flexibility index (Phi) is 2.63. The van der Waals surface area contributed by atoms with Gasteiger partial charge in [0.2, 0.25) is 0 Å². The second-order valence-electron chi connectivity index (χ2n) is 3.07. The third-order valence-corrected chi connectivity index (χ3v) is 3.28. The highest BCUT2D eigenvalue weighted by atomic mass is 35.5. The fourth-order valence-electron chi connectivity index (χ4n) is 1.26. The maximum Gasteiger partial charge on any atom is 0.126 e. The Morgan fingerprint density at radius 1 is 1.36 bits per heavy atom. The van der Waals surface area contributed by atoms with E-state index in [9.17, 15) is 0 Å². The summed E-state index contributed by atoms with van der Waals surface area (Å²) < 4.78 is 6.20. The highest BCUT2D eigenvalue weighted by Gasteiger charge is 2.14. The lowest BCUT2D eigenvalue weighted by molar-refractivity contribution is 0.468. The fourth-order valence-corrected chi connectivity index (χ4v) is 2.33. The van der Waals surface area contributed by atoms with Crippen LogP contribution < -0.4 is 5.73 Å². The van der Waals surface area contributed by atoms with E-state index in [1.54, 1.807) is 0 Å². The third kappa shape index (κ3) is 1.85. The minimum absolute atomic E-state index is 0.207. The van der Waals surface area contributed by atoms with Crippen LogP contribution in [0.1, 0.15) is 22.4 Å². The number of hydrogen-bond donors (Lipinski definition) is 1. The Labute approximate surface area is 91.3 Å². The lowest BCUT2D eigenvalue weighted by Crippen LogP contribution is -2.08. The minimum Gasteiger partial charge on any atom is -0.464 e. The molecule has 0 fully saturated rings. The van der Waals surface area contributed by atoms with E-state index < -0.39 is 0 Å². The normalized spacial score (nSPS) is 13.1. The smallest absolute Gasteiger partial charge is 0.126 e. The van der Waals surface area contributed by atoms with Crippen molar-refractivity contribution >= 4 is 22.9 Å². The summed E-state index contributed by atoms with van der Waals surface area (Å²) in [5.41, 5.74) is 6.00. The van der Waals surface area contributed by atoms with Crippen molar-refractivity contribution in [3.8, 4) is 0 Å². The molecule has 1 atom stereocenters. The van der Waals surface area contributed by atoms with Gasteiger partial charge in [-0.3, -0.25) is 0 Å². The van der Waals surface area contributed by atoms with Crippen molar-refractivity contribution in [3.05, 3.63) is 45.0 Å². The van der Waals surface area contributed by atoms with Crippen LogP contribution in [0.15, 0.2) is 28.7 Å². The van der Waals surface area contributed by atoms with Gasteiger partial charge in [0.1, 0.15) is 11.5 Å². The summed E-state index contributed by atoms with van der Waals surface area (Å²) in [7, 11) is 0. The van der Waals surface area contributed by atoms with Gasteiger partial charge in [-0.15, -0.1) is 11.3 Å². The van der Waals surface area contributed by atoms with Crippen molar-refractivity contribution < 1.29 is 4.42 Å². The second kappa shape index (κ2) is 3.77. The van der Waals surface area contributed by atoms with E-state index in [-0.39, 0.29) is 6.04 Å². The van der Waals surface area contributed by atoms with Crippen LogP contribution in [0.3, 0.4) is 0 Å². The average Bonchev–Trinajstić information content (AvgIpc) is 2.73. The molecule has 2 N–H and O–H groups in total. The predicted octanol–water partition coefficient (Wildman–Crippen LogP) is 3.35. The molecular formula is C10H10ClNOS. The van der Waals surface area contributed by atoms with Crippen molar-refractivity contribution in [3.63, 3.8) is 0 Å². The SMILES string of the molecule is Cc1ccc(C(N)c2ccc(Cl)s2)o1. The lowest BCUT2D eigenvalue weighted by atomic mass is 10.2. The molecule has 1 unspecified atom stereocenters. The molecule has 0 aliphatic carbocycles. The summed E-state index contributed by atoms with van der Waals surface area (Å²) in [6, 6.07) is 7.37. The van der Waals surface area contributed by atoms with Crippen molar-refractivity contribution in [2.24, 2.45) is 5.73 Å². The number of furan rings is 1. The largest absolute Gasteiger partial charge is 0.464 e. The number of aryl methyl sites for hydroxylation is 1. The number of rotatable bonds is 2. The van der Waals surface area contributed by atoms with Crippen LogP contribution in [0, 0.1) is 6.92 Å². The molecule has 0 aliphatic rings. The first-order valence-corrected chi connectivity index (χ1v) is 5.43. The molecule has 2 aromatic heterocycles. The summed E-state index contributed by atoms with van der Waals surface area (Å²) in [5.74, 6) is 1.65. The number of thiophene rings is 1. The van der Waals surface area contributed by atoms with Crippen LogP contribution in [0.25, 0.3) is 0 Å². The van der Waals surface area contributed by atoms with Crippen molar-refractivity contribution in [1.29, 1.82) is 0 Å². The van der Waals surface area contributed by atoms with Crippen LogP contribution in [-0.4, -0.2) is 0 Å². The molecule has 2 aromatic rings. The van der Waals surface area contributed by atoms with Crippen LogP contribution in [0.4, 0.5) is 0 Å². The molecule has 2 nitrogen and oxygen atoms in total. The Morgan fingerprint density at radius 2 is 2.14 bits per heavy atom. The van der Waals surface area contributed by atoms with Gasteiger partial charge in [0.05, 0.1) is 10.4 Å². The monoisotopic (exact) mass is 227 g/mol. The maximum atomic E-state index is 6.00. The Balaban J connectivity index is 2.28. The molecule has 4 heteroatoms. The van der Waals surface area contributed by atoms with Gasteiger partial charge in [-0.2, -0.15) is 0 Å². The number of nitrogens with two attached hydrogens (primary N) is 1. The molecule has 0 saturated carbocycles.